The minimum absolute atomic E-state index is 0.0281. The number of nitrogens with zero attached hydrogens (tertiary/aromatic N) is 3. The molecule has 0 spiro atoms. The Bertz CT molecular complexity index is 727. The Hall–Kier alpha value is -1.93. The van der Waals surface area contributed by atoms with E-state index < -0.39 is 0 Å². The number of aryl methyl sites for hydroxylation is 1. The van der Waals surface area contributed by atoms with Crippen molar-refractivity contribution >= 4 is 22.9 Å². The summed E-state index contributed by atoms with van der Waals surface area (Å²) in [7, 11) is 0. The van der Waals surface area contributed by atoms with Crippen LogP contribution in [-0.4, -0.2) is 33.0 Å². The summed E-state index contributed by atoms with van der Waals surface area (Å²) in [6, 6.07) is 0. The SMILES string of the molecule is Cc1csc(=O)n1CCC(=O)Nc1cnn(CC2CCCO2)c1. The molecule has 1 aliphatic heterocycles. The van der Waals surface area contributed by atoms with Crippen LogP contribution in [-0.2, 0) is 22.6 Å². The number of hydrogen-bond donors (Lipinski definition) is 1. The predicted octanol–water partition coefficient (Wildman–Crippen LogP) is 1.62. The molecule has 1 saturated heterocycles. The van der Waals surface area contributed by atoms with E-state index in [0.717, 1.165) is 36.5 Å². The van der Waals surface area contributed by atoms with Crippen LogP contribution in [0.1, 0.15) is 25.0 Å². The highest BCUT2D eigenvalue weighted by Crippen LogP contribution is 2.15. The standard InChI is InChI=1S/C15H20N4O3S/c1-11-10-23-15(21)19(11)5-4-14(20)17-12-7-16-18(8-12)9-13-3-2-6-22-13/h7-8,10,13H,2-6,9H2,1H3,(H,17,20). The molecule has 7 nitrogen and oxygen atoms in total. The van der Waals surface area contributed by atoms with Crippen molar-refractivity contribution in [3.05, 3.63) is 33.1 Å². The van der Waals surface area contributed by atoms with Crippen LogP contribution in [0.5, 0.6) is 0 Å². The molecule has 3 rings (SSSR count). The molecule has 1 N–H and O–H groups in total. The van der Waals surface area contributed by atoms with Gasteiger partial charge in [-0.2, -0.15) is 5.10 Å². The van der Waals surface area contributed by atoms with Crippen LogP contribution in [0.4, 0.5) is 5.69 Å². The summed E-state index contributed by atoms with van der Waals surface area (Å²) in [5.41, 5.74) is 1.56. The number of thiazole rings is 1. The van der Waals surface area contributed by atoms with Gasteiger partial charge in [0.25, 0.3) is 0 Å². The van der Waals surface area contributed by atoms with Crippen LogP contribution in [0.25, 0.3) is 0 Å². The van der Waals surface area contributed by atoms with E-state index >= 15 is 0 Å². The van der Waals surface area contributed by atoms with Crippen LogP contribution in [0.3, 0.4) is 0 Å². The maximum atomic E-state index is 12.0. The summed E-state index contributed by atoms with van der Waals surface area (Å²) in [4.78, 5) is 23.6. The van der Waals surface area contributed by atoms with Crippen LogP contribution >= 0.6 is 11.3 Å². The van der Waals surface area contributed by atoms with E-state index in [0.29, 0.717) is 18.8 Å². The van der Waals surface area contributed by atoms with E-state index in [-0.39, 0.29) is 23.3 Å². The lowest BCUT2D eigenvalue weighted by Gasteiger charge is -2.08. The van der Waals surface area contributed by atoms with Gasteiger partial charge in [0.1, 0.15) is 0 Å². The number of nitrogens with one attached hydrogen (secondary N) is 1. The van der Waals surface area contributed by atoms with Crippen molar-refractivity contribution in [1.29, 1.82) is 0 Å². The largest absolute Gasteiger partial charge is 0.376 e. The minimum Gasteiger partial charge on any atom is -0.376 e. The third-order valence-electron chi connectivity index (χ3n) is 3.87. The molecule has 8 heteroatoms. The number of amides is 1. The Kier molecular flexibility index (Phi) is 4.92. The quantitative estimate of drug-likeness (QED) is 0.869. The molecule has 2 aromatic rings. The van der Waals surface area contributed by atoms with Crippen LogP contribution in [0.2, 0.25) is 0 Å². The van der Waals surface area contributed by atoms with Crippen molar-refractivity contribution in [3.63, 3.8) is 0 Å². The molecule has 1 atom stereocenters. The summed E-state index contributed by atoms with van der Waals surface area (Å²) in [6.45, 7) is 3.78. The molecule has 23 heavy (non-hydrogen) atoms. The highest BCUT2D eigenvalue weighted by molar-refractivity contribution is 7.07. The van der Waals surface area contributed by atoms with E-state index in [4.69, 9.17) is 4.74 Å². The zero-order chi connectivity index (χ0) is 16.2. The predicted molar refractivity (Wildman–Crippen MR) is 87.8 cm³/mol. The molecule has 2 aromatic heterocycles. The Labute approximate surface area is 137 Å². The van der Waals surface area contributed by atoms with Gasteiger partial charge in [0.05, 0.1) is 24.5 Å². The first-order valence-corrected chi connectivity index (χ1v) is 8.58. The zero-order valence-electron chi connectivity index (χ0n) is 13.0. The second-order valence-corrected chi connectivity index (χ2v) is 6.50. The molecule has 0 aromatic carbocycles. The van der Waals surface area contributed by atoms with Crippen LogP contribution in [0.15, 0.2) is 22.6 Å². The first-order chi connectivity index (χ1) is 11.1. The van der Waals surface area contributed by atoms with Gasteiger partial charge >= 0.3 is 4.87 Å². The summed E-state index contributed by atoms with van der Waals surface area (Å²) in [6.07, 6.45) is 6.06. The molecular formula is C15H20N4O3S. The van der Waals surface area contributed by atoms with Gasteiger partial charge < -0.3 is 14.6 Å². The number of anilines is 1. The average Bonchev–Trinajstić information content (AvgIpc) is 3.23. The first-order valence-electron chi connectivity index (χ1n) is 7.70. The van der Waals surface area contributed by atoms with Gasteiger partial charge in [-0.25, -0.2) is 0 Å². The fraction of sp³-hybridized carbons (Fsp3) is 0.533. The van der Waals surface area contributed by atoms with Gasteiger partial charge in [0, 0.05) is 36.8 Å². The molecule has 0 bridgehead atoms. The highest BCUT2D eigenvalue weighted by Gasteiger charge is 2.16. The summed E-state index contributed by atoms with van der Waals surface area (Å²) >= 11 is 1.16. The Balaban J connectivity index is 1.50. The molecule has 1 aliphatic rings. The maximum absolute atomic E-state index is 12.0. The van der Waals surface area contributed by atoms with E-state index in [1.807, 2.05) is 13.1 Å². The molecule has 1 fully saturated rings. The van der Waals surface area contributed by atoms with Gasteiger partial charge in [0.2, 0.25) is 5.91 Å². The average molecular weight is 336 g/mol. The number of ether oxygens (including phenoxy) is 1. The molecule has 3 heterocycles. The smallest absolute Gasteiger partial charge is 0.307 e. The van der Waals surface area contributed by atoms with Gasteiger partial charge in [-0.05, 0) is 19.8 Å². The second-order valence-electron chi connectivity index (χ2n) is 5.68. The summed E-state index contributed by atoms with van der Waals surface area (Å²) in [5.74, 6) is -0.126. The Morgan fingerprint density at radius 2 is 2.43 bits per heavy atom. The van der Waals surface area contributed by atoms with Crippen molar-refractivity contribution < 1.29 is 9.53 Å². The number of hydrogen-bond acceptors (Lipinski definition) is 5. The van der Waals surface area contributed by atoms with E-state index in [9.17, 15) is 9.59 Å². The number of carbonyl (C=O) groups excluding carboxylic acids is 1. The molecule has 0 saturated carbocycles. The highest BCUT2D eigenvalue weighted by atomic mass is 32.1. The third kappa shape index (κ3) is 4.08. The lowest BCUT2D eigenvalue weighted by molar-refractivity contribution is -0.116. The number of carbonyl (C=O) groups is 1. The molecule has 1 unspecified atom stereocenters. The molecule has 0 radical (unpaired) electrons. The summed E-state index contributed by atoms with van der Waals surface area (Å²) < 4.78 is 8.98. The Morgan fingerprint density at radius 1 is 1.57 bits per heavy atom. The maximum Gasteiger partial charge on any atom is 0.307 e. The third-order valence-corrected chi connectivity index (χ3v) is 4.75. The monoisotopic (exact) mass is 336 g/mol. The van der Waals surface area contributed by atoms with Crippen LogP contribution < -0.4 is 10.2 Å². The molecule has 0 aliphatic carbocycles. The molecule has 1 amide bonds. The zero-order valence-corrected chi connectivity index (χ0v) is 13.8. The number of aromatic nitrogens is 3. The van der Waals surface area contributed by atoms with E-state index in [1.54, 1.807) is 20.8 Å². The summed E-state index contributed by atoms with van der Waals surface area (Å²) in [5, 5.41) is 8.85. The minimum atomic E-state index is -0.126. The fourth-order valence-electron chi connectivity index (χ4n) is 2.64. The van der Waals surface area contributed by atoms with Gasteiger partial charge in [-0.1, -0.05) is 11.3 Å². The van der Waals surface area contributed by atoms with Crippen molar-refractivity contribution in [2.75, 3.05) is 11.9 Å². The molecule has 124 valence electrons. The number of rotatable bonds is 6. The van der Waals surface area contributed by atoms with Gasteiger partial charge in [-0.3, -0.25) is 14.3 Å². The topological polar surface area (TPSA) is 78.2 Å². The van der Waals surface area contributed by atoms with Crippen molar-refractivity contribution in [2.45, 2.75) is 45.4 Å². The van der Waals surface area contributed by atoms with E-state index in [1.165, 1.54) is 0 Å². The van der Waals surface area contributed by atoms with E-state index in [2.05, 4.69) is 10.4 Å². The second kappa shape index (κ2) is 7.10. The lowest BCUT2D eigenvalue weighted by Crippen LogP contribution is -2.20. The van der Waals surface area contributed by atoms with Crippen LogP contribution in [0, 0.1) is 6.92 Å². The fourth-order valence-corrected chi connectivity index (χ4v) is 3.40. The van der Waals surface area contributed by atoms with Gasteiger partial charge in [-0.15, -0.1) is 0 Å². The molecular weight excluding hydrogens is 316 g/mol. The van der Waals surface area contributed by atoms with Crippen molar-refractivity contribution in [1.82, 2.24) is 14.3 Å². The van der Waals surface area contributed by atoms with Crippen molar-refractivity contribution in [2.24, 2.45) is 0 Å². The van der Waals surface area contributed by atoms with Gasteiger partial charge in [0.15, 0.2) is 0 Å². The lowest BCUT2D eigenvalue weighted by atomic mass is 10.2. The Morgan fingerprint density at radius 3 is 3.13 bits per heavy atom. The normalized spacial score (nSPS) is 17.5. The first kappa shape index (κ1) is 15.9. The van der Waals surface area contributed by atoms with Crippen molar-refractivity contribution in [3.8, 4) is 0 Å².